The first kappa shape index (κ1) is 24.4. The molecule has 1 rings (SSSR count). The van der Waals surface area contributed by atoms with E-state index in [1.807, 2.05) is 6.92 Å². The van der Waals surface area contributed by atoms with Crippen molar-refractivity contribution in [3.05, 3.63) is 18.6 Å². The maximum Gasteiger partial charge on any atom is 2.00 e. The summed E-state index contributed by atoms with van der Waals surface area (Å²) in [6.45, 7) is 6.58. The Labute approximate surface area is 157 Å². The van der Waals surface area contributed by atoms with E-state index in [0.29, 0.717) is 13.8 Å². The Balaban J connectivity index is 0. The number of hydrogen-bond acceptors (Lipinski definition) is 2. The number of rotatable bonds is 1. The van der Waals surface area contributed by atoms with Gasteiger partial charge in [0.05, 0.1) is 11.5 Å². The SMILES string of the molecule is CC1(F)[CH-]C(C)(F)C(O)(C(F)(F)F)O1.[CH2]=[U]=[C-]C(=C)C.[U+2]. The van der Waals surface area contributed by atoms with Crippen LogP contribution >= 0.6 is 0 Å². The predicted octanol–water partition coefficient (Wildman–Crippen LogP) is 2.64. The van der Waals surface area contributed by atoms with Crippen LogP contribution in [0.5, 0.6) is 0 Å². The molecule has 0 saturated carbocycles. The average molecular weight is 762 g/mol. The molecular formula is C12H15F5O2U2. The summed E-state index contributed by atoms with van der Waals surface area (Å²) < 4.78 is 73.3. The van der Waals surface area contributed by atoms with E-state index in [4.69, 9.17) is 5.11 Å². The second-order valence-corrected chi connectivity index (χ2v) is 7.04. The minimum absolute atomic E-state index is 0. The van der Waals surface area contributed by atoms with Crippen LogP contribution < -0.4 is 0 Å². The normalized spacial score (nSPS) is 34.9. The van der Waals surface area contributed by atoms with E-state index in [1.54, 1.807) is 0 Å². The van der Waals surface area contributed by atoms with Crippen LogP contribution in [0, 0.1) is 64.3 Å². The summed E-state index contributed by atoms with van der Waals surface area (Å²) in [4.78, 5) is 0. The third-order valence-electron chi connectivity index (χ3n) is 2.22. The van der Waals surface area contributed by atoms with Crippen molar-refractivity contribution in [2.45, 2.75) is 44.3 Å². The molecule has 21 heavy (non-hydrogen) atoms. The van der Waals surface area contributed by atoms with Gasteiger partial charge in [0, 0.05) is 0 Å². The Hall–Kier alpha value is 1.15. The zero-order chi connectivity index (χ0) is 16.4. The summed E-state index contributed by atoms with van der Waals surface area (Å²) in [6.07, 6.45) is -5.37. The maximum atomic E-state index is 13.3. The van der Waals surface area contributed by atoms with Gasteiger partial charge >= 0.3 is 89.7 Å². The standard InChI is InChI=1S/C7H8F5O2.C4H5.CH2.2U/c1-4(8)3-5(2,9)14-6(4,13)7(10,11)12;1-4(2)3;;;/h3,13H,1-2H3;1H2,2H3;1H2;;/q2*-1;;;+2. The predicted molar refractivity (Wildman–Crippen MR) is 62.4 cm³/mol. The van der Waals surface area contributed by atoms with Crippen LogP contribution in [0.4, 0.5) is 22.0 Å². The molecule has 0 radical (unpaired) electrons. The summed E-state index contributed by atoms with van der Waals surface area (Å²) in [5.74, 6) is -7.09. The number of hydrogen-bond donors (Lipinski definition) is 1. The monoisotopic (exact) mass is 762 g/mol. The second-order valence-electron chi connectivity index (χ2n) is 4.53. The number of alkyl halides is 5. The summed E-state index contributed by atoms with van der Waals surface area (Å²) in [5.41, 5.74) is -2.25. The molecule has 1 heterocycles. The smallest absolute Gasteiger partial charge is 2.00 e. The largest absolute Gasteiger partial charge is 2.00 e. The van der Waals surface area contributed by atoms with Gasteiger partial charge in [0.1, 0.15) is 0 Å². The molecule has 0 amide bonds. The molecule has 118 valence electrons. The van der Waals surface area contributed by atoms with Crippen LogP contribution in [0.2, 0.25) is 0 Å². The van der Waals surface area contributed by atoms with Crippen LogP contribution in [-0.2, 0) is 4.74 Å². The molecule has 0 aliphatic carbocycles. The van der Waals surface area contributed by atoms with Gasteiger partial charge in [-0.15, -0.1) is 0 Å². The molecule has 1 aliphatic heterocycles. The van der Waals surface area contributed by atoms with Gasteiger partial charge in [0.25, 0.3) is 5.79 Å². The van der Waals surface area contributed by atoms with Crippen molar-refractivity contribution in [1.29, 1.82) is 0 Å². The van der Waals surface area contributed by atoms with Gasteiger partial charge in [0.2, 0.25) is 0 Å². The van der Waals surface area contributed by atoms with Crippen molar-refractivity contribution >= 4 is 6.56 Å². The molecule has 2 nitrogen and oxygen atoms in total. The van der Waals surface area contributed by atoms with Gasteiger partial charge in [0.15, 0.2) is 0 Å². The zero-order valence-electron chi connectivity index (χ0n) is 11.7. The van der Waals surface area contributed by atoms with Gasteiger partial charge in [-0.3, -0.25) is 4.39 Å². The minimum atomic E-state index is -5.41. The molecule has 0 aromatic rings. The summed E-state index contributed by atoms with van der Waals surface area (Å²) in [7, 11) is 0. The Kier molecular flexibility index (Phi) is 9.66. The fourth-order valence-electron chi connectivity index (χ4n) is 1.49. The molecule has 0 aromatic carbocycles. The molecule has 9 heteroatoms. The topological polar surface area (TPSA) is 29.5 Å². The van der Waals surface area contributed by atoms with Crippen molar-refractivity contribution < 1.29 is 89.6 Å². The summed E-state index contributed by atoms with van der Waals surface area (Å²) in [6, 6.07) is 0. The maximum absolute atomic E-state index is 13.3. The summed E-state index contributed by atoms with van der Waals surface area (Å²) in [5, 5.41) is 8.90. The van der Waals surface area contributed by atoms with E-state index in [-0.39, 0.29) is 37.5 Å². The Morgan fingerprint density at radius 1 is 1.33 bits per heavy atom. The average Bonchev–Trinajstić information content (AvgIpc) is 2.30. The molecule has 0 spiro atoms. The van der Waals surface area contributed by atoms with Gasteiger partial charge in [-0.05, 0) is 6.92 Å². The Bertz CT molecular complexity index is 428. The van der Waals surface area contributed by atoms with Crippen LogP contribution in [0.15, 0.2) is 12.2 Å². The van der Waals surface area contributed by atoms with Crippen LogP contribution in [0.1, 0.15) is 20.8 Å². The van der Waals surface area contributed by atoms with E-state index >= 15 is 0 Å². The first-order valence-corrected chi connectivity index (χ1v) is 10.4. The Morgan fingerprint density at radius 3 is 1.86 bits per heavy atom. The quantitative estimate of drug-likeness (QED) is 0.330. The summed E-state index contributed by atoms with van der Waals surface area (Å²) >= 11 is -0.721. The van der Waals surface area contributed by atoms with Crippen molar-refractivity contribution in [3.63, 3.8) is 0 Å². The van der Waals surface area contributed by atoms with Crippen LogP contribution in [0.3, 0.4) is 0 Å². The first-order valence-electron chi connectivity index (χ1n) is 5.36. The molecule has 0 bridgehead atoms. The van der Waals surface area contributed by atoms with E-state index < -0.39 is 50.2 Å². The van der Waals surface area contributed by atoms with Gasteiger partial charge < -0.3 is 9.84 Å². The van der Waals surface area contributed by atoms with Crippen molar-refractivity contribution in [3.8, 4) is 0 Å². The Morgan fingerprint density at radius 2 is 1.76 bits per heavy atom. The van der Waals surface area contributed by atoms with E-state index in [9.17, 15) is 22.0 Å². The first-order chi connectivity index (χ1) is 8.68. The number of ether oxygens (including phenoxy) is 1. The minimum Gasteiger partial charge on any atom is 2.00 e. The van der Waals surface area contributed by atoms with Gasteiger partial charge in [-0.25, -0.2) is 10.8 Å². The molecule has 0 aromatic heterocycles. The number of halogens is 5. The van der Waals surface area contributed by atoms with Crippen LogP contribution in [0.25, 0.3) is 0 Å². The molecule has 1 N–H and O–H groups in total. The number of allylic oxidation sites excluding steroid dienone is 1. The van der Waals surface area contributed by atoms with Crippen LogP contribution in [-0.4, -0.2) is 35.2 Å². The molecule has 1 aliphatic rings. The van der Waals surface area contributed by atoms with E-state index in [0.717, 1.165) is 5.57 Å². The van der Waals surface area contributed by atoms with E-state index in [1.165, 1.54) is 0 Å². The van der Waals surface area contributed by atoms with Gasteiger partial charge in [-0.1, -0.05) is 6.92 Å². The number of aliphatic hydroxyl groups is 1. The second kappa shape index (κ2) is 8.31. The zero-order valence-corrected chi connectivity index (χ0v) is 20.1. The molecule has 1 fully saturated rings. The van der Waals surface area contributed by atoms with E-state index in [2.05, 4.69) is 17.9 Å². The third-order valence-corrected chi connectivity index (χ3v) is 4.74. The fraction of sp³-hybridized carbons (Fsp3) is 0.583. The van der Waals surface area contributed by atoms with Crippen molar-refractivity contribution in [2.24, 2.45) is 0 Å². The fourth-order valence-corrected chi connectivity index (χ4v) is 2.74. The molecule has 3 atom stereocenters. The van der Waals surface area contributed by atoms with Crippen molar-refractivity contribution in [1.82, 2.24) is 0 Å². The molecule has 3 unspecified atom stereocenters. The van der Waals surface area contributed by atoms with Crippen molar-refractivity contribution in [2.75, 3.05) is 0 Å². The molecular weight excluding hydrogens is 747 g/mol. The van der Waals surface area contributed by atoms with Gasteiger partial charge in [-0.2, -0.15) is 13.2 Å². The third kappa shape index (κ3) is 6.65. The molecule has 1 saturated heterocycles.